The predicted molar refractivity (Wildman–Crippen MR) is 61.3 cm³/mol. The van der Waals surface area contributed by atoms with Gasteiger partial charge in [0.1, 0.15) is 0 Å². The van der Waals surface area contributed by atoms with Crippen LogP contribution in [-0.4, -0.2) is 22.2 Å². The van der Waals surface area contributed by atoms with Crippen LogP contribution in [0.5, 0.6) is 0 Å². The van der Waals surface area contributed by atoms with E-state index in [2.05, 4.69) is 15.2 Å². The molecule has 0 fully saturated rings. The first kappa shape index (κ1) is 10.3. The van der Waals surface area contributed by atoms with Crippen molar-refractivity contribution in [3.8, 4) is 0 Å². The van der Waals surface area contributed by atoms with Gasteiger partial charge in [0.15, 0.2) is 11.0 Å². The van der Waals surface area contributed by atoms with Gasteiger partial charge < -0.3 is 4.90 Å². The zero-order valence-corrected chi connectivity index (χ0v) is 9.66. The molecule has 0 aromatic carbocycles. The molecule has 15 heavy (non-hydrogen) atoms. The van der Waals surface area contributed by atoms with Crippen LogP contribution in [0.4, 0.5) is 5.82 Å². The van der Waals surface area contributed by atoms with Gasteiger partial charge in [-0.25, -0.2) is 0 Å². The Kier molecular flexibility index (Phi) is 3.13. The summed E-state index contributed by atoms with van der Waals surface area (Å²) in [4.78, 5) is 7.20. The number of anilines is 1. The minimum Gasteiger partial charge on any atom is -0.353 e. The van der Waals surface area contributed by atoms with Crippen molar-refractivity contribution >= 4 is 28.8 Å². The monoisotopic (exact) mass is 240 g/mol. The summed E-state index contributed by atoms with van der Waals surface area (Å²) in [6.45, 7) is 0.779. The molecule has 4 nitrogen and oxygen atoms in total. The summed E-state index contributed by atoms with van der Waals surface area (Å²) in [5.41, 5.74) is 1.82. The van der Waals surface area contributed by atoms with Crippen LogP contribution in [0.1, 0.15) is 4.88 Å². The second kappa shape index (κ2) is 4.55. The molecule has 0 saturated heterocycles. The third-order valence-electron chi connectivity index (χ3n) is 1.89. The zero-order valence-electron chi connectivity index (χ0n) is 8.09. The fourth-order valence-electron chi connectivity index (χ4n) is 1.15. The van der Waals surface area contributed by atoms with E-state index in [9.17, 15) is 0 Å². The van der Waals surface area contributed by atoms with Gasteiger partial charge in [-0.05, 0) is 12.1 Å². The third-order valence-corrected chi connectivity index (χ3v) is 2.85. The lowest BCUT2D eigenvalue weighted by Gasteiger charge is -2.15. The highest BCUT2D eigenvalue weighted by Crippen LogP contribution is 2.15. The third kappa shape index (κ3) is 2.64. The van der Waals surface area contributed by atoms with Crippen molar-refractivity contribution in [1.82, 2.24) is 15.2 Å². The Labute approximate surface area is 96.5 Å². The van der Waals surface area contributed by atoms with Crippen molar-refractivity contribution in [2.75, 3.05) is 11.9 Å². The lowest BCUT2D eigenvalue weighted by atomic mass is 10.4. The molecule has 0 aliphatic carbocycles. The van der Waals surface area contributed by atoms with Gasteiger partial charge in [0, 0.05) is 18.1 Å². The molecule has 0 unspecified atom stereocenters. The molecule has 6 heteroatoms. The lowest BCUT2D eigenvalue weighted by Crippen LogP contribution is -2.17. The maximum Gasteiger partial charge on any atom is 0.151 e. The zero-order chi connectivity index (χ0) is 10.7. The van der Waals surface area contributed by atoms with Crippen LogP contribution < -0.4 is 4.90 Å². The number of halogens is 1. The molecule has 0 N–H and O–H groups in total. The van der Waals surface area contributed by atoms with Crippen LogP contribution in [0.15, 0.2) is 23.8 Å². The first-order chi connectivity index (χ1) is 7.25. The molecular weight excluding hydrogens is 232 g/mol. The van der Waals surface area contributed by atoms with E-state index in [1.165, 1.54) is 4.88 Å². The summed E-state index contributed by atoms with van der Waals surface area (Å²) in [6, 6.07) is 3.57. The first-order valence-corrected chi connectivity index (χ1v) is 5.59. The molecule has 2 rings (SSSR count). The normalized spacial score (nSPS) is 10.3. The number of hydrogen-bond acceptors (Lipinski definition) is 5. The molecule has 0 spiro atoms. The molecule has 0 amide bonds. The molecule has 0 aliphatic rings. The predicted octanol–water partition coefficient (Wildman–Crippen LogP) is 2.22. The molecule has 0 radical (unpaired) electrons. The Balaban J connectivity index is 2.08. The SMILES string of the molecule is CN(Cc1cncs1)c1ccc(Cl)nn1. The highest BCUT2D eigenvalue weighted by molar-refractivity contribution is 7.09. The van der Waals surface area contributed by atoms with Crippen molar-refractivity contribution in [1.29, 1.82) is 0 Å². The molecule has 0 saturated carbocycles. The Morgan fingerprint density at radius 2 is 2.27 bits per heavy atom. The Hall–Kier alpha value is -1.20. The molecule has 2 aromatic rings. The maximum atomic E-state index is 5.66. The van der Waals surface area contributed by atoms with E-state index in [0.717, 1.165) is 12.4 Å². The van der Waals surface area contributed by atoms with E-state index in [1.54, 1.807) is 17.4 Å². The average Bonchev–Trinajstić information content (AvgIpc) is 2.71. The summed E-state index contributed by atoms with van der Waals surface area (Å²) >= 11 is 7.28. The van der Waals surface area contributed by atoms with Crippen LogP contribution in [0.3, 0.4) is 0 Å². The van der Waals surface area contributed by atoms with E-state index in [1.807, 2.05) is 29.7 Å². The Morgan fingerprint density at radius 3 is 2.87 bits per heavy atom. The quantitative estimate of drug-likeness (QED) is 0.825. The highest BCUT2D eigenvalue weighted by atomic mass is 35.5. The summed E-state index contributed by atoms with van der Waals surface area (Å²) in [5.74, 6) is 0.799. The number of rotatable bonds is 3. The topological polar surface area (TPSA) is 41.9 Å². The van der Waals surface area contributed by atoms with Crippen LogP contribution in [0.25, 0.3) is 0 Å². The first-order valence-electron chi connectivity index (χ1n) is 4.33. The number of nitrogens with zero attached hydrogens (tertiary/aromatic N) is 4. The van der Waals surface area contributed by atoms with Gasteiger partial charge in [-0.3, -0.25) is 4.98 Å². The largest absolute Gasteiger partial charge is 0.353 e. The van der Waals surface area contributed by atoms with Crippen molar-refractivity contribution in [2.45, 2.75) is 6.54 Å². The molecule has 0 aliphatic heterocycles. The summed E-state index contributed by atoms with van der Waals surface area (Å²) in [5, 5.41) is 8.19. The Morgan fingerprint density at radius 1 is 1.40 bits per heavy atom. The van der Waals surface area contributed by atoms with E-state index in [-0.39, 0.29) is 0 Å². The maximum absolute atomic E-state index is 5.66. The van der Waals surface area contributed by atoms with E-state index in [4.69, 9.17) is 11.6 Å². The fourth-order valence-corrected chi connectivity index (χ4v) is 1.90. The molecule has 2 aromatic heterocycles. The highest BCUT2D eigenvalue weighted by Gasteiger charge is 2.04. The van der Waals surface area contributed by atoms with Crippen molar-refractivity contribution in [3.05, 3.63) is 33.9 Å². The van der Waals surface area contributed by atoms with Crippen LogP contribution >= 0.6 is 22.9 Å². The summed E-state index contributed by atoms with van der Waals surface area (Å²) in [7, 11) is 1.96. The Bertz CT molecular complexity index is 414. The number of aromatic nitrogens is 3. The van der Waals surface area contributed by atoms with Crippen LogP contribution in [-0.2, 0) is 6.54 Å². The van der Waals surface area contributed by atoms with E-state index >= 15 is 0 Å². The number of thiazole rings is 1. The second-order valence-electron chi connectivity index (χ2n) is 3.04. The minimum atomic E-state index is 0.407. The van der Waals surface area contributed by atoms with Crippen molar-refractivity contribution < 1.29 is 0 Å². The average molecular weight is 241 g/mol. The fraction of sp³-hybridized carbons (Fsp3) is 0.222. The van der Waals surface area contributed by atoms with Crippen LogP contribution in [0, 0.1) is 0 Å². The molecular formula is C9H9ClN4S. The van der Waals surface area contributed by atoms with Gasteiger partial charge in [-0.1, -0.05) is 11.6 Å². The number of hydrogen-bond donors (Lipinski definition) is 0. The molecule has 0 atom stereocenters. The van der Waals surface area contributed by atoms with Crippen LogP contribution in [0.2, 0.25) is 5.15 Å². The minimum absolute atomic E-state index is 0.407. The molecule has 2 heterocycles. The molecule has 78 valence electrons. The molecule has 0 bridgehead atoms. The lowest BCUT2D eigenvalue weighted by molar-refractivity contribution is 0.875. The van der Waals surface area contributed by atoms with Gasteiger partial charge in [-0.2, -0.15) is 0 Å². The standard InChI is InChI=1S/C9H9ClN4S/c1-14(5-7-4-11-6-15-7)9-3-2-8(10)12-13-9/h2-4,6H,5H2,1H3. The van der Waals surface area contributed by atoms with Crippen molar-refractivity contribution in [2.24, 2.45) is 0 Å². The van der Waals surface area contributed by atoms with E-state index < -0.39 is 0 Å². The smallest absolute Gasteiger partial charge is 0.151 e. The van der Waals surface area contributed by atoms with E-state index in [0.29, 0.717) is 5.15 Å². The second-order valence-corrected chi connectivity index (χ2v) is 4.40. The summed E-state index contributed by atoms with van der Waals surface area (Å²) < 4.78 is 0. The van der Waals surface area contributed by atoms with Gasteiger partial charge in [-0.15, -0.1) is 21.5 Å². The van der Waals surface area contributed by atoms with Gasteiger partial charge in [0.05, 0.1) is 12.1 Å². The summed E-state index contributed by atoms with van der Waals surface area (Å²) in [6.07, 6.45) is 1.85. The van der Waals surface area contributed by atoms with Gasteiger partial charge >= 0.3 is 0 Å². The van der Waals surface area contributed by atoms with Crippen molar-refractivity contribution in [3.63, 3.8) is 0 Å². The van der Waals surface area contributed by atoms with Gasteiger partial charge in [0.25, 0.3) is 0 Å². The van der Waals surface area contributed by atoms with Gasteiger partial charge in [0.2, 0.25) is 0 Å².